The van der Waals surface area contributed by atoms with Crippen molar-refractivity contribution in [3.8, 4) is 0 Å². The Kier molecular flexibility index (Phi) is 6.96. The number of hydrogen-bond acceptors (Lipinski definition) is 4. The molecule has 0 saturated carbocycles. The Bertz CT molecular complexity index is 317. The first-order valence-corrected chi connectivity index (χ1v) is 5.80. The van der Waals surface area contributed by atoms with Crippen molar-refractivity contribution in [1.29, 1.82) is 0 Å². The molecule has 0 heterocycles. The molecule has 0 aliphatic carbocycles. The summed E-state index contributed by atoms with van der Waals surface area (Å²) in [5, 5.41) is 13.5. The van der Waals surface area contributed by atoms with Crippen LogP contribution in [0, 0.1) is 5.92 Å². The van der Waals surface area contributed by atoms with Gasteiger partial charge in [-0.2, -0.15) is 0 Å². The molecule has 0 rings (SSSR count). The standard InChI is InChI=1S/C11H21N3O4/c1-6(2)4-8(14-9(15)5-12)10(16)13-7(3)11(17)18/h6-8H,4-5,12H2,1-3H3,(H,13,16)(H,14,15)(H,17,18)/t7-,8+/m1/s1. The quantitative estimate of drug-likeness (QED) is 0.470. The molecule has 0 radical (unpaired) electrons. The highest BCUT2D eigenvalue weighted by molar-refractivity contribution is 5.90. The molecule has 0 saturated heterocycles. The number of nitrogens with two attached hydrogens (primary N) is 1. The molecule has 0 bridgehead atoms. The molecule has 0 fully saturated rings. The maximum Gasteiger partial charge on any atom is 0.325 e. The van der Waals surface area contributed by atoms with Crippen LogP contribution in [0.1, 0.15) is 27.2 Å². The topological polar surface area (TPSA) is 122 Å². The summed E-state index contributed by atoms with van der Waals surface area (Å²) >= 11 is 0. The molecule has 0 aromatic carbocycles. The zero-order chi connectivity index (χ0) is 14.3. The molecular formula is C11H21N3O4. The molecule has 0 aromatic rings. The lowest BCUT2D eigenvalue weighted by Gasteiger charge is -2.21. The van der Waals surface area contributed by atoms with Crippen LogP contribution in [0.3, 0.4) is 0 Å². The zero-order valence-corrected chi connectivity index (χ0v) is 10.9. The maximum absolute atomic E-state index is 11.8. The lowest BCUT2D eigenvalue weighted by atomic mass is 10.0. The summed E-state index contributed by atoms with van der Waals surface area (Å²) in [6, 6.07) is -1.76. The van der Waals surface area contributed by atoms with E-state index in [0.29, 0.717) is 6.42 Å². The summed E-state index contributed by atoms with van der Waals surface area (Å²) in [6.07, 6.45) is 0.421. The van der Waals surface area contributed by atoms with Gasteiger partial charge in [-0.25, -0.2) is 0 Å². The van der Waals surface area contributed by atoms with Gasteiger partial charge in [-0.05, 0) is 19.3 Å². The lowest BCUT2D eigenvalue weighted by Crippen LogP contribution is -2.52. The van der Waals surface area contributed by atoms with Crippen molar-refractivity contribution in [1.82, 2.24) is 10.6 Å². The number of nitrogens with one attached hydrogen (secondary N) is 2. The molecule has 7 nitrogen and oxygen atoms in total. The van der Waals surface area contributed by atoms with E-state index in [1.807, 2.05) is 13.8 Å². The average molecular weight is 259 g/mol. The normalized spacial score (nSPS) is 13.8. The minimum atomic E-state index is -1.13. The van der Waals surface area contributed by atoms with Gasteiger partial charge in [-0.1, -0.05) is 13.8 Å². The molecule has 2 amide bonds. The number of hydrogen-bond donors (Lipinski definition) is 4. The second kappa shape index (κ2) is 7.65. The van der Waals surface area contributed by atoms with Gasteiger partial charge in [-0.3, -0.25) is 14.4 Å². The highest BCUT2D eigenvalue weighted by atomic mass is 16.4. The van der Waals surface area contributed by atoms with E-state index < -0.39 is 29.9 Å². The van der Waals surface area contributed by atoms with Crippen LogP contribution < -0.4 is 16.4 Å². The fraction of sp³-hybridized carbons (Fsp3) is 0.727. The van der Waals surface area contributed by atoms with Gasteiger partial charge >= 0.3 is 5.97 Å². The van der Waals surface area contributed by atoms with Gasteiger partial charge in [0, 0.05) is 0 Å². The zero-order valence-electron chi connectivity index (χ0n) is 10.9. The molecule has 18 heavy (non-hydrogen) atoms. The minimum Gasteiger partial charge on any atom is -0.480 e. The van der Waals surface area contributed by atoms with E-state index in [0.717, 1.165) is 0 Å². The molecule has 0 aliphatic heterocycles. The van der Waals surface area contributed by atoms with Crippen LogP contribution in [0.5, 0.6) is 0 Å². The van der Waals surface area contributed by atoms with Gasteiger partial charge in [0.15, 0.2) is 0 Å². The van der Waals surface area contributed by atoms with Crippen LogP contribution in [-0.2, 0) is 14.4 Å². The maximum atomic E-state index is 11.8. The van der Waals surface area contributed by atoms with Crippen LogP contribution in [0.4, 0.5) is 0 Å². The van der Waals surface area contributed by atoms with Crippen LogP contribution >= 0.6 is 0 Å². The summed E-state index contributed by atoms with van der Waals surface area (Å²) in [4.78, 5) is 33.6. The summed E-state index contributed by atoms with van der Waals surface area (Å²) in [5.41, 5.74) is 5.16. The average Bonchev–Trinajstić information content (AvgIpc) is 2.26. The Morgan fingerprint density at radius 2 is 1.72 bits per heavy atom. The predicted octanol–water partition coefficient (Wildman–Crippen LogP) is -0.935. The summed E-state index contributed by atoms with van der Waals surface area (Å²) < 4.78 is 0. The van der Waals surface area contributed by atoms with E-state index in [-0.39, 0.29) is 12.5 Å². The van der Waals surface area contributed by atoms with Crippen molar-refractivity contribution < 1.29 is 19.5 Å². The Morgan fingerprint density at radius 1 is 1.17 bits per heavy atom. The predicted molar refractivity (Wildman–Crippen MR) is 65.7 cm³/mol. The Hall–Kier alpha value is -1.63. The molecular weight excluding hydrogens is 238 g/mol. The number of carbonyl (C=O) groups excluding carboxylic acids is 2. The molecule has 0 spiro atoms. The van der Waals surface area contributed by atoms with E-state index in [9.17, 15) is 14.4 Å². The van der Waals surface area contributed by atoms with Gasteiger partial charge in [0.25, 0.3) is 0 Å². The monoisotopic (exact) mass is 259 g/mol. The highest BCUT2D eigenvalue weighted by Crippen LogP contribution is 2.05. The van der Waals surface area contributed by atoms with E-state index in [1.165, 1.54) is 6.92 Å². The first-order valence-electron chi connectivity index (χ1n) is 5.80. The molecule has 104 valence electrons. The van der Waals surface area contributed by atoms with E-state index >= 15 is 0 Å². The van der Waals surface area contributed by atoms with Crippen molar-refractivity contribution in [2.45, 2.75) is 39.3 Å². The number of aliphatic carboxylic acids is 1. The van der Waals surface area contributed by atoms with Gasteiger partial charge in [-0.15, -0.1) is 0 Å². The largest absolute Gasteiger partial charge is 0.480 e. The third-order valence-corrected chi connectivity index (χ3v) is 2.27. The number of amides is 2. The van der Waals surface area contributed by atoms with Crippen LogP contribution in [0.15, 0.2) is 0 Å². The Morgan fingerprint density at radius 3 is 2.11 bits per heavy atom. The molecule has 0 aliphatic rings. The van der Waals surface area contributed by atoms with Crippen LogP contribution in [0.2, 0.25) is 0 Å². The highest BCUT2D eigenvalue weighted by Gasteiger charge is 2.24. The third-order valence-electron chi connectivity index (χ3n) is 2.27. The second-order valence-electron chi connectivity index (χ2n) is 4.52. The fourth-order valence-corrected chi connectivity index (χ4v) is 1.33. The fourth-order valence-electron chi connectivity index (χ4n) is 1.33. The first-order chi connectivity index (χ1) is 8.27. The number of carboxylic acid groups (broad SMARTS) is 1. The number of carbonyl (C=O) groups is 3. The van der Waals surface area contributed by atoms with Crippen molar-refractivity contribution >= 4 is 17.8 Å². The third kappa shape index (κ3) is 6.19. The van der Waals surface area contributed by atoms with E-state index in [4.69, 9.17) is 10.8 Å². The Balaban J connectivity index is 4.58. The SMILES string of the molecule is CC(C)C[C@H](NC(=O)CN)C(=O)N[C@H](C)C(=O)O. The van der Waals surface area contributed by atoms with Gasteiger partial charge in [0.1, 0.15) is 12.1 Å². The van der Waals surface area contributed by atoms with Crippen molar-refractivity contribution in [2.75, 3.05) is 6.54 Å². The summed E-state index contributed by atoms with van der Waals surface area (Å²) in [7, 11) is 0. The Labute approximate surface area is 106 Å². The minimum absolute atomic E-state index is 0.180. The molecule has 5 N–H and O–H groups in total. The van der Waals surface area contributed by atoms with Gasteiger partial charge in [0.05, 0.1) is 6.54 Å². The molecule has 0 unspecified atom stereocenters. The molecule has 7 heteroatoms. The van der Waals surface area contributed by atoms with E-state index in [2.05, 4.69) is 10.6 Å². The van der Waals surface area contributed by atoms with Crippen LogP contribution in [0.25, 0.3) is 0 Å². The lowest BCUT2D eigenvalue weighted by molar-refractivity contribution is -0.141. The molecule has 0 aromatic heterocycles. The first kappa shape index (κ1) is 16.4. The summed E-state index contributed by atoms with van der Waals surface area (Å²) in [5.74, 6) is -1.91. The van der Waals surface area contributed by atoms with Gasteiger partial charge < -0.3 is 21.5 Å². The summed E-state index contributed by atoms with van der Waals surface area (Å²) in [6.45, 7) is 4.94. The van der Waals surface area contributed by atoms with Crippen molar-refractivity contribution in [3.63, 3.8) is 0 Å². The number of rotatable bonds is 7. The number of carboxylic acids is 1. The van der Waals surface area contributed by atoms with Crippen molar-refractivity contribution in [2.24, 2.45) is 11.7 Å². The van der Waals surface area contributed by atoms with Gasteiger partial charge in [0.2, 0.25) is 11.8 Å². The van der Waals surface area contributed by atoms with Crippen LogP contribution in [-0.4, -0.2) is 41.5 Å². The van der Waals surface area contributed by atoms with E-state index in [1.54, 1.807) is 0 Å². The van der Waals surface area contributed by atoms with Crippen molar-refractivity contribution in [3.05, 3.63) is 0 Å². The molecule has 2 atom stereocenters. The second-order valence-corrected chi connectivity index (χ2v) is 4.52. The smallest absolute Gasteiger partial charge is 0.325 e.